The quantitative estimate of drug-likeness (QED) is 0.337. The molecule has 2 fully saturated rings. The van der Waals surface area contributed by atoms with Gasteiger partial charge in [-0.25, -0.2) is 0 Å². The Bertz CT molecular complexity index is 1230. The van der Waals surface area contributed by atoms with Gasteiger partial charge in [0, 0.05) is 17.6 Å². The van der Waals surface area contributed by atoms with Crippen LogP contribution in [0.1, 0.15) is 30.4 Å². The molecule has 0 spiro atoms. The fourth-order valence-electron chi connectivity index (χ4n) is 3.88. The molecule has 0 radical (unpaired) electrons. The Kier molecular flexibility index (Phi) is 8.87. The third-order valence-corrected chi connectivity index (χ3v) is 8.16. The van der Waals surface area contributed by atoms with Crippen LogP contribution >= 0.6 is 50.9 Å². The van der Waals surface area contributed by atoms with Crippen LogP contribution < -0.4 is 9.47 Å². The molecule has 2 saturated heterocycles. The van der Waals surface area contributed by atoms with E-state index in [-0.39, 0.29) is 24.0 Å². The second-order valence-electron chi connectivity index (χ2n) is 8.27. The Hall–Kier alpha value is -2.20. The molecule has 0 saturated carbocycles. The van der Waals surface area contributed by atoms with Gasteiger partial charge in [0.2, 0.25) is 5.91 Å². The van der Waals surface area contributed by atoms with Crippen molar-refractivity contribution in [3.8, 4) is 11.5 Å². The molecular formula is C25H23BrCl2N2O5S. The second kappa shape index (κ2) is 11.9. The number of imide groups is 1. The average molecular weight is 614 g/mol. The van der Waals surface area contributed by atoms with Crippen molar-refractivity contribution in [1.29, 1.82) is 0 Å². The third kappa shape index (κ3) is 6.19. The van der Waals surface area contributed by atoms with Gasteiger partial charge in [-0.2, -0.15) is 0 Å². The number of piperidine rings is 1. The summed E-state index contributed by atoms with van der Waals surface area (Å²) in [6.07, 6.45) is 4.57. The molecule has 0 N–H and O–H groups in total. The molecule has 190 valence electrons. The van der Waals surface area contributed by atoms with Crippen molar-refractivity contribution >= 4 is 74.0 Å². The van der Waals surface area contributed by atoms with Crippen molar-refractivity contribution in [3.05, 3.63) is 60.9 Å². The maximum atomic E-state index is 12.9. The Morgan fingerprint density at radius 3 is 2.53 bits per heavy atom. The Balaban J connectivity index is 1.48. The van der Waals surface area contributed by atoms with E-state index in [1.165, 1.54) is 7.11 Å². The Morgan fingerprint density at radius 1 is 1.08 bits per heavy atom. The van der Waals surface area contributed by atoms with Gasteiger partial charge < -0.3 is 14.4 Å². The number of benzene rings is 2. The highest BCUT2D eigenvalue weighted by atomic mass is 79.9. The molecule has 4 rings (SSSR count). The number of ether oxygens (including phenoxy) is 2. The van der Waals surface area contributed by atoms with Crippen LogP contribution in [0.25, 0.3) is 6.08 Å². The Morgan fingerprint density at radius 2 is 1.83 bits per heavy atom. The van der Waals surface area contributed by atoms with Gasteiger partial charge in [0.25, 0.3) is 11.1 Å². The van der Waals surface area contributed by atoms with Gasteiger partial charge in [0.15, 0.2) is 11.5 Å². The lowest BCUT2D eigenvalue weighted by Gasteiger charge is -2.27. The SMILES string of the molecule is COc1cc(/C=C2\SC(=O)N(CC(=O)N3CCCCC3)C2=O)c(Br)cc1OCc1ccc(Cl)c(Cl)c1. The number of likely N-dealkylation sites (tertiary alicyclic amines) is 1. The van der Waals surface area contributed by atoms with Crippen LogP contribution in [0, 0.1) is 0 Å². The first-order chi connectivity index (χ1) is 17.3. The Labute approximate surface area is 231 Å². The molecule has 2 aromatic carbocycles. The molecule has 0 atom stereocenters. The molecule has 2 aliphatic heterocycles. The number of amides is 3. The molecule has 0 aromatic heterocycles. The predicted molar refractivity (Wildman–Crippen MR) is 145 cm³/mol. The topological polar surface area (TPSA) is 76.2 Å². The lowest BCUT2D eigenvalue weighted by molar-refractivity contribution is -0.136. The van der Waals surface area contributed by atoms with Crippen LogP contribution in [-0.2, 0) is 16.2 Å². The lowest BCUT2D eigenvalue weighted by atomic mass is 10.1. The minimum Gasteiger partial charge on any atom is -0.493 e. The van der Waals surface area contributed by atoms with Crippen molar-refractivity contribution in [2.45, 2.75) is 25.9 Å². The molecule has 0 unspecified atom stereocenters. The first-order valence-electron chi connectivity index (χ1n) is 11.2. The van der Waals surface area contributed by atoms with E-state index >= 15 is 0 Å². The number of methoxy groups -OCH3 is 1. The van der Waals surface area contributed by atoms with Gasteiger partial charge >= 0.3 is 0 Å². The first kappa shape index (κ1) is 26.9. The average Bonchev–Trinajstić information content (AvgIpc) is 3.13. The number of hydrogen-bond donors (Lipinski definition) is 0. The molecule has 2 heterocycles. The van der Waals surface area contributed by atoms with Crippen molar-refractivity contribution in [2.75, 3.05) is 26.7 Å². The van der Waals surface area contributed by atoms with Crippen LogP contribution in [0.2, 0.25) is 10.0 Å². The van der Waals surface area contributed by atoms with Gasteiger partial charge in [-0.15, -0.1) is 0 Å². The summed E-state index contributed by atoms with van der Waals surface area (Å²) in [6, 6.07) is 8.68. The molecule has 0 bridgehead atoms. The van der Waals surface area contributed by atoms with Crippen molar-refractivity contribution in [1.82, 2.24) is 9.80 Å². The van der Waals surface area contributed by atoms with E-state index in [0.29, 0.717) is 44.7 Å². The van der Waals surface area contributed by atoms with Crippen LogP contribution in [-0.4, -0.2) is 53.6 Å². The van der Waals surface area contributed by atoms with E-state index in [0.717, 1.165) is 41.5 Å². The minimum atomic E-state index is -0.485. The van der Waals surface area contributed by atoms with Gasteiger partial charge in [-0.05, 0) is 72.5 Å². The summed E-state index contributed by atoms with van der Waals surface area (Å²) in [7, 11) is 1.51. The molecule has 7 nitrogen and oxygen atoms in total. The van der Waals surface area contributed by atoms with Crippen LogP contribution in [0.5, 0.6) is 11.5 Å². The minimum absolute atomic E-state index is 0.204. The second-order valence-corrected chi connectivity index (χ2v) is 10.9. The van der Waals surface area contributed by atoms with Crippen molar-refractivity contribution in [3.63, 3.8) is 0 Å². The molecule has 36 heavy (non-hydrogen) atoms. The zero-order valence-corrected chi connectivity index (χ0v) is 23.3. The van der Waals surface area contributed by atoms with Gasteiger partial charge in [0.1, 0.15) is 13.2 Å². The van der Waals surface area contributed by atoms with E-state index in [1.54, 1.807) is 35.2 Å². The fourth-order valence-corrected chi connectivity index (χ4v) is 5.47. The monoisotopic (exact) mass is 612 g/mol. The maximum absolute atomic E-state index is 12.9. The number of halogens is 3. The van der Waals surface area contributed by atoms with E-state index in [4.69, 9.17) is 32.7 Å². The number of thioether (sulfide) groups is 1. The van der Waals surface area contributed by atoms with Gasteiger partial charge in [-0.1, -0.05) is 45.2 Å². The highest BCUT2D eigenvalue weighted by Gasteiger charge is 2.37. The van der Waals surface area contributed by atoms with Crippen molar-refractivity contribution in [2.24, 2.45) is 0 Å². The zero-order chi connectivity index (χ0) is 25.8. The summed E-state index contributed by atoms with van der Waals surface area (Å²) in [5, 5.41) is 0.444. The molecule has 2 aromatic rings. The summed E-state index contributed by atoms with van der Waals surface area (Å²) in [5.74, 6) is 0.239. The predicted octanol–water partition coefficient (Wildman–Crippen LogP) is 6.39. The molecule has 0 aliphatic carbocycles. The van der Waals surface area contributed by atoms with Gasteiger partial charge in [0.05, 0.1) is 22.1 Å². The van der Waals surface area contributed by atoms with Crippen LogP contribution in [0.15, 0.2) is 39.7 Å². The normalized spacial score (nSPS) is 17.2. The fraction of sp³-hybridized carbons (Fsp3) is 0.320. The smallest absolute Gasteiger partial charge is 0.294 e. The largest absolute Gasteiger partial charge is 0.493 e. The number of hydrogen-bond acceptors (Lipinski definition) is 6. The van der Waals surface area contributed by atoms with E-state index < -0.39 is 11.1 Å². The number of carbonyl (C=O) groups excluding carboxylic acids is 3. The summed E-state index contributed by atoms with van der Waals surface area (Å²) in [4.78, 5) is 41.0. The van der Waals surface area contributed by atoms with Crippen molar-refractivity contribution < 1.29 is 23.9 Å². The van der Waals surface area contributed by atoms with E-state index in [9.17, 15) is 14.4 Å². The summed E-state index contributed by atoms with van der Waals surface area (Å²) in [6.45, 7) is 1.32. The van der Waals surface area contributed by atoms with Gasteiger partial charge in [-0.3, -0.25) is 19.3 Å². The zero-order valence-electron chi connectivity index (χ0n) is 19.4. The number of carbonyl (C=O) groups is 3. The van der Waals surface area contributed by atoms with E-state index in [1.807, 2.05) is 6.07 Å². The highest BCUT2D eigenvalue weighted by molar-refractivity contribution is 9.10. The number of nitrogens with zero attached hydrogens (tertiary/aromatic N) is 2. The maximum Gasteiger partial charge on any atom is 0.294 e. The summed E-state index contributed by atoms with van der Waals surface area (Å²) < 4.78 is 12.0. The molecular weight excluding hydrogens is 591 g/mol. The lowest BCUT2D eigenvalue weighted by Crippen LogP contribution is -2.44. The number of rotatable bonds is 7. The molecule has 3 amide bonds. The first-order valence-corrected chi connectivity index (χ1v) is 13.6. The molecule has 2 aliphatic rings. The standard InChI is InChI=1S/C25H23BrCl2N2O5S/c1-34-20-10-16(17(26)12-21(20)35-14-15-5-6-18(27)19(28)9-15)11-22-24(32)30(25(33)36-22)13-23(31)29-7-3-2-4-8-29/h5-6,9-12H,2-4,7-8,13-14H2,1H3/b22-11-. The third-order valence-electron chi connectivity index (χ3n) is 5.82. The highest BCUT2D eigenvalue weighted by Crippen LogP contribution is 2.38. The van der Waals surface area contributed by atoms with Crippen LogP contribution in [0.3, 0.4) is 0 Å². The summed E-state index contributed by atoms with van der Waals surface area (Å²) >= 11 is 16.4. The van der Waals surface area contributed by atoms with E-state index in [2.05, 4.69) is 15.9 Å². The molecule has 11 heteroatoms. The van der Waals surface area contributed by atoms with Crippen LogP contribution in [0.4, 0.5) is 4.79 Å². The summed E-state index contributed by atoms with van der Waals surface area (Å²) in [5.41, 5.74) is 1.46.